The van der Waals surface area contributed by atoms with E-state index in [4.69, 9.17) is 11.6 Å². The molecule has 16 heavy (non-hydrogen) atoms. The molecule has 0 amide bonds. The van der Waals surface area contributed by atoms with Crippen LogP contribution in [0.1, 0.15) is 64.7 Å². The van der Waals surface area contributed by atoms with Crippen molar-refractivity contribution < 1.29 is 0 Å². The fraction of sp³-hybridized carbons (Fsp3) is 1.00. The van der Waals surface area contributed by atoms with E-state index in [1.54, 1.807) is 0 Å². The van der Waals surface area contributed by atoms with Crippen LogP contribution < -0.4 is 0 Å². The molecule has 0 aromatic carbocycles. The first-order valence-electron chi connectivity index (χ1n) is 7.34. The second-order valence-corrected chi connectivity index (χ2v) is 6.71. The van der Waals surface area contributed by atoms with Crippen molar-refractivity contribution in [1.82, 2.24) is 0 Å². The molecule has 2 rings (SSSR count). The van der Waals surface area contributed by atoms with E-state index in [0.717, 1.165) is 29.6 Å². The van der Waals surface area contributed by atoms with Gasteiger partial charge >= 0.3 is 0 Å². The molecule has 0 aromatic heterocycles. The van der Waals surface area contributed by atoms with Crippen LogP contribution in [0.3, 0.4) is 0 Å². The quantitative estimate of drug-likeness (QED) is 0.593. The van der Waals surface area contributed by atoms with Gasteiger partial charge in [-0.15, -0.1) is 11.6 Å². The Morgan fingerprint density at radius 1 is 0.750 bits per heavy atom. The van der Waals surface area contributed by atoms with Crippen LogP contribution in [0.2, 0.25) is 0 Å². The highest BCUT2D eigenvalue weighted by Gasteiger charge is 2.25. The summed E-state index contributed by atoms with van der Waals surface area (Å²) in [6.45, 7) is 2.42. The van der Waals surface area contributed by atoms with Gasteiger partial charge in [-0.1, -0.05) is 45.4 Å². The number of alkyl halides is 1. The highest BCUT2D eigenvalue weighted by Crippen LogP contribution is 2.38. The van der Waals surface area contributed by atoms with Crippen molar-refractivity contribution in [1.29, 1.82) is 0 Å². The van der Waals surface area contributed by atoms with Crippen LogP contribution in [0.15, 0.2) is 0 Å². The second-order valence-electron chi connectivity index (χ2n) is 6.40. The molecule has 2 aliphatic rings. The minimum atomic E-state index is 0.837. The van der Waals surface area contributed by atoms with E-state index in [1.165, 1.54) is 57.8 Å². The molecule has 0 unspecified atom stereocenters. The molecule has 0 radical (unpaired) electrons. The first kappa shape index (κ1) is 12.7. The molecule has 1 heteroatoms. The summed E-state index contributed by atoms with van der Waals surface area (Å²) in [5.74, 6) is 4.84. The molecular weight excluding hydrogens is 216 g/mol. The van der Waals surface area contributed by atoms with E-state index in [1.807, 2.05) is 0 Å². The predicted octanol–water partition coefficient (Wildman–Crippen LogP) is 5.25. The zero-order valence-electron chi connectivity index (χ0n) is 10.8. The van der Waals surface area contributed by atoms with Crippen molar-refractivity contribution in [3.63, 3.8) is 0 Å². The lowest BCUT2D eigenvalue weighted by Gasteiger charge is -2.33. The van der Waals surface area contributed by atoms with Crippen molar-refractivity contribution in [3.05, 3.63) is 0 Å². The molecule has 0 bridgehead atoms. The Bertz CT molecular complexity index is 186. The number of rotatable bonds is 3. The Kier molecular flexibility index (Phi) is 5.00. The lowest BCUT2D eigenvalue weighted by Crippen LogP contribution is -2.20. The van der Waals surface area contributed by atoms with Crippen molar-refractivity contribution >= 4 is 11.6 Å². The van der Waals surface area contributed by atoms with Crippen LogP contribution in [-0.2, 0) is 0 Å². The summed E-state index contributed by atoms with van der Waals surface area (Å²) in [6.07, 6.45) is 13.2. The van der Waals surface area contributed by atoms with E-state index in [0.29, 0.717) is 0 Å². The van der Waals surface area contributed by atoms with Crippen molar-refractivity contribution in [3.8, 4) is 0 Å². The van der Waals surface area contributed by atoms with Gasteiger partial charge in [-0.2, -0.15) is 0 Å². The second kappa shape index (κ2) is 6.28. The van der Waals surface area contributed by atoms with Gasteiger partial charge in [0.05, 0.1) is 0 Å². The van der Waals surface area contributed by atoms with Crippen molar-refractivity contribution in [2.75, 3.05) is 5.88 Å². The Hall–Kier alpha value is 0.290. The van der Waals surface area contributed by atoms with Crippen LogP contribution in [0.25, 0.3) is 0 Å². The lowest BCUT2D eigenvalue weighted by atomic mass is 9.74. The first-order chi connectivity index (χ1) is 7.78. The van der Waals surface area contributed by atoms with Gasteiger partial charge in [-0.3, -0.25) is 0 Å². The monoisotopic (exact) mass is 242 g/mol. The van der Waals surface area contributed by atoms with Crippen LogP contribution >= 0.6 is 11.6 Å². The van der Waals surface area contributed by atoms with Crippen LogP contribution in [0.5, 0.6) is 0 Å². The molecule has 2 fully saturated rings. The minimum absolute atomic E-state index is 0.837. The molecule has 0 saturated heterocycles. The van der Waals surface area contributed by atoms with Crippen molar-refractivity contribution in [2.45, 2.75) is 64.7 Å². The van der Waals surface area contributed by atoms with E-state index in [9.17, 15) is 0 Å². The van der Waals surface area contributed by atoms with Gasteiger partial charge in [0, 0.05) is 5.88 Å². The van der Waals surface area contributed by atoms with Gasteiger partial charge in [0.25, 0.3) is 0 Å². The third kappa shape index (κ3) is 3.65. The Balaban J connectivity index is 1.66. The Morgan fingerprint density at radius 2 is 1.19 bits per heavy atom. The third-order valence-corrected chi connectivity index (χ3v) is 5.42. The maximum atomic E-state index is 5.94. The summed E-state index contributed by atoms with van der Waals surface area (Å²) < 4.78 is 0. The summed E-state index contributed by atoms with van der Waals surface area (Å²) in [4.78, 5) is 0. The maximum absolute atomic E-state index is 5.94. The summed E-state index contributed by atoms with van der Waals surface area (Å²) in [7, 11) is 0. The lowest BCUT2D eigenvalue weighted by molar-refractivity contribution is 0.201. The zero-order chi connectivity index (χ0) is 11.4. The highest BCUT2D eigenvalue weighted by atomic mass is 35.5. The molecule has 0 N–H and O–H groups in total. The van der Waals surface area contributed by atoms with Gasteiger partial charge < -0.3 is 0 Å². The summed E-state index contributed by atoms with van der Waals surface area (Å²) in [6, 6.07) is 0. The average Bonchev–Trinajstić information content (AvgIpc) is 2.33. The summed E-state index contributed by atoms with van der Waals surface area (Å²) >= 11 is 5.94. The SMILES string of the molecule is CC1CCC(CC2CCC(CCl)CC2)CC1. The van der Waals surface area contributed by atoms with Gasteiger partial charge in [0.1, 0.15) is 0 Å². The molecule has 0 aromatic rings. The molecule has 0 atom stereocenters. The number of halogens is 1. The van der Waals surface area contributed by atoms with Gasteiger partial charge in [0.2, 0.25) is 0 Å². The fourth-order valence-corrected chi connectivity index (χ4v) is 3.97. The third-order valence-electron chi connectivity index (χ3n) is 4.99. The molecular formula is C15H27Cl. The molecule has 0 spiro atoms. The standard InChI is InChI=1S/C15H27Cl/c1-12-2-4-13(5-3-12)10-14-6-8-15(11-16)9-7-14/h12-15H,2-11H2,1H3. The normalized spacial score (nSPS) is 40.9. The van der Waals surface area contributed by atoms with Crippen LogP contribution in [0.4, 0.5) is 0 Å². The van der Waals surface area contributed by atoms with Gasteiger partial charge in [-0.25, -0.2) is 0 Å². The number of hydrogen-bond acceptors (Lipinski definition) is 0. The molecule has 0 heterocycles. The van der Waals surface area contributed by atoms with E-state index >= 15 is 0 Å². The summed E-state index contributed by atoms with van der Waals surface area (Å²) in [5, 5.41) is 0. The van der Waals surface area contributed by atoms with E-state index < -0.39 is 0 Å². The molecule has 0 aliphatic heterocycles. The molecule has 2 aliphatic carbocycles. The van der Waals surface area contributed by atoms with Crippen LogP contribution in [0, 0.1) is 23.7 Å². The van der Waals surface area contributed by atoms with Gasteiger partial charge in [-0.05, 0) is 42.9 Å². The summed E-state index contributed by atoms with van der Waals surface area (Å²) in [5.41, 5.74) is 0. The number of hydrogen-bond donors (Lipinski definition) is 0. The first-order valence-corrected chi connectivity index (χ1v) is 7.87. The zero-order valence-corrected chi connectivity index (χ0v) is 11.5. The molecule has 94 valence electrons. The maximum Gasteiger partial charge on any atom is 0.0251 e. The van der Waals surface area contributed by atoms with Gasteiger partial charge in [0.15, 0.2) is 0 Å². The Labute approximate surface area is 106 Å². The smallest absolute Gasteiger partial charge is 0.0251 e. The molecule has 2 saturated carbocycles. The van der Waals surface area contributed by atoms with Crippen molar-refractivity contribution in [2.24, 2.45) is 23.7 Å². The Morgan fingerprint density at radius 3 is 1.69 bits per heavy atom. The topological polar surface area (TPSA) is 0 Å². The predicted molar refractivity (Wildman–Crippen MR) is 71.9 cm³/mol. The van der Waals surface area contributed by atoms with Crippen LogP contribution in [-0.4, -0.2) is 5.88 Å². The average molecular weight is 243 g/mol. The minimum Gasteiger partial charge on any atom is -0.126 e. The van der Waals surface area contributed by atoms with E-state index in [-0.39, 0.29) is 0 Å². The largest absolute Gasteiger partial charge is 0.126 e. The highest BCUT2D eigenvalue weighted by molar-refractivity contribution is 6.18. The molecule has 0 nitrogen and oxygen atoms in total. The fourth-order valence-electron chi connectivity index (χ4n) is 3.66. The van der Waals surface area contributed by atoms with E-state index in [2.05, 4.69) is 6.92 Å².